The number of ether oxygens (including phenoxy) is 3. The first kappa shape index (κ1) is 22.6. The van der Waals surface area contributed by atoms with Gasteiger partial charge < -0.3 is 24.6 Å². The van der Waals surface area contributed by atoms with E-state index in [-0.39, 0.29) is 29.2 Å². The molecule has 8 nitrogen and oxygen atoms in total. The molecule has 0 radical (unpaired) electrons. The molecule has 0 saturated heterocycles. The molecule has 0 aliphatic heterocycles. The molecule has 27 heavy (non-hydrogen) atoms. The van der Waals surface area contributed by atoms with E-state index in [0.29, 0.717) is 18.6 Å². The van der Waals surface area contributed by atoms with E-state index >= 15 is 0 Å². The lowest BCUT2D eigenvalue weighted by molar-refractivity contribution is -0.139. The van der Waals surface area contributed by atoms with Crippen molar-refractivity contribution in [2.75, 3.05) is 26.2 Å². The third-order valence-electron chi connectivity index (χ3n) is 3.61. The molecule has 0 aromatic heterocycles. The van der Waals surface area contributed by atoms with Crippen molar-refractivity contribution in [3.63, 3.8) is 0 Å². The summed E-state index contributed by atoms with van der Waals surface area (Å²) in [5.41, 5.74) is 0.134. The van der Waals surface area contributed by atoms with Gasteiger partial charge in [-0.05, 0) is 37.0 Å². The summed E-state index contributed by atoms with van der Waals surface area (Å²) in [5.74, 6) is -1.20. The van der Waals surface area contributed by atoms with Crippen LogP contribution in [0.5, 0.6) is 17.2 Å². The maximum absolute atomic E-state index is 12.5. The van der Waals surface area contributed by atoms with Gasteiger partial charge in [0.15, 0.2) is 11.5 Å². The molecule has 1 atom stereocenters. The highest BCUT2D eigenvalue weighted by Crippen LogP contribution is 2.39. The molecular formula is C18H25NO7S. The van der Waals surface area contributed by atoms with E-state index in [1.54, 1.807) is 0 Å². The van der Waals surface area contributed by atoms with Crippen LogP contribution in [0.2, 0.25) is 0 Å². The number of hydrogen-bond acceptors (Lipinski definition) is 7. The minimum atomic E-state index is -1.11. The van der Waals surface area contributed by atoms with Gasteiger partial charge in [-0.15, -0.1) is 0 Å². The fourth-order valence-corrected chi connectivity index (χ4v) is 2.69. The van der Waals surface area contributed by atoms with Crippen molar-refractivity contribution in [3.05, 3.63) is 17.7 Å². The zero-order valence-electron chi connectivity index (χ0n) is 15.9. The monoisotopic (exact) mass is 399 g/mol. The largest absolute Gasteiger partial charge is 0.493 e. The molecule has 0 spiro atoms. The Bertz CT molecular complexity index is 653. The molecule has 1 aromatic rings. The highest BCUT2D eigenvalue weighted by molar-refractivity contribution is 7.98. The average Bonchev–Trinajstić information content (AvgIpc) is 2.64. The zero-order valence-corrected chi connectivity index (χ0v) is 16.7. The van der Waals surface area contributed by atoms with Crippen LogP contribution < -0.4 is 19.5 Å². The van der Waals surface area contributed by atoms with Crippen LogP contribution in [0.15, 0.2) is 12.1 Å². The van der Waals surface area contributed by atoms with Crippen molar-refractivity contribution < 1.29 is 33.7 Å². The summed E-state index contributed by atoms with van der Waals surface area (Å²) < 4.78 is 15.7. The van der Waals surface area contributed by atoms with Gasteiger partial charge in [0.2, 0.25) is 5.75 Å². The van der Waals surface area contributed by atoms with Gasteiger partial charge in [0, 0.05) is 12.0 Å². The van der Waals surface area contributed by atoms with Crippen molar-refractivity contribution in [3.8, 4) is 17.2 Å². The lowest BCUT2D eigenvalue weighted by Crippen LogP contribution is -2.41. The topological polar surface area (TPSA) is 111 Å². The Morgan fingerprint density at radius 1 is 1.19 bits per heavy atom. The van der Waals surface area contributed by atoms with Gasteiger partial charge in [0.25, 0.3) is 5.91 Å². The van der Waals surface area contributed by atoms with Crippen molar-refractivity contribution in [2.24, 2.45) is 0 Å². The lowest BCUT2D eigenvalue weighted by Gasteiger charge is -2.17. The SMILES string of the molecule is CCCC(=O)Oc1c(OC)cc(C(=O)N[C@@H](CCSC)C(=O)O)cc1OC. The Balaban J connectivity index is 3.12. The Morgan fingerprint density at radius 3 is 2.22 bits per heavy atom. The van der Waals surface area contributed by atoms with Gasteiger partial charge >= 0.3 is 11.9 Å². The predicted molar refractivity (Wildman–Crippen MR) is 102 cm³/mol. The highest BCUT2D eigenvalue weighted by atomic mass is 32.2. The molecule has 2 N–H and O–H groups in total. The van der Waals surface area contributed by atoms with E-state index in [9.17, 15) is 19.5 Å². The molecule has 0 unspecified atom stereocenters. The Morgan fingerprint density at radius 2 is 1.78 bits per heavy atom. The molecule has 0 bridgehead atoms. The van der Waals surface area contributed by atoms with E-state index in [2.05, 4.69) is 5.32 Å². The molecule has 1 aromatic carbocycles. The van der Waals surface area contributed by atoms with Gasteiger partial charge in [-0.25, -0.2) is 4.79 Å². The first-order chi connectivity index (χ1) is 12.9. The molecule has 1 amide bonds. The van der Waals surface area contributed by atoms with Crippen LogP contribution in [0.4, 0.5) is 0 Å². The minimum Gasteiger partial charge on any atom is -0.493 e. The van der Waals surface area contributed by atoms with E-state index in [1.165, 1.54) is 38.1 Å². The highest BCUT2D eigenvalue weighted by Gasteiger charge is 2.24. The second kappa shape index (κ2) is 11.3. The number of carbonyl (C=O) groups excluding carboxylic acids is 2. The number of hydrogen-bond donors (Lipinski definition) is 2. The molecule has 0 aliphatic rings. The molecule has 150 valence electrons. The van der Waals surface area contributed by atoms with Crippen LogP contribution in [0.1, 0.15) is 36.5 Å². The summed E-state index contributed by atoms with van der Waals surface area (Å²) in [4.78, 5) is 35.6. The van der Waals surface area contributed by atoms with E-state index in [0.717, 1.165) is 0 Å². The van der Waals surface area contributed by atoms with Crippen molar-refractivity contribution in [2.45, 2.75) is 32.2 Å². The molecule has 0 aliphatic carbocycles. The first-order valence-corrected chi connectivity index (χ1v) is 9.76. The number of carboxylic acids is 1. The summed E-state index contributed by atoms with van der Waals surface area (Å²) >= 11 is 1.49. The number of rotatable bonds is 11. The van der Waals surface area contributed by atoms with Crippen molar-refractivity contribution in [1.82, 2.24) is 5.32 Å². The minimum absolute atomic E-state index is 0.0761. The number of amides is 1. The number of thioether (sulfide) groups is 1. The average molecular weight is 399 g/mol. The zero-order chi connectivity index (χ0) is 20.4. The molecule has 9 heteroatoms. The number of methoxy groups -OCH3 is 2. The standard InChI is InChI=1S/C18H25NO7S/c1-5-6-15(20)26-16-13(24-2)9-11(10-14(16)25-3)17(21)19-12(18(22)23)7-8-27-4/h9-10,12H,5-8H2,1-4H3,(H,19,21)(H,22,23)/t12-/m0/s1. The van der Waals surface area contributed by atoms with Crippen LogP contribution in [0.25, 0.3) is 0 Å². The Labute approximate surface area is 162 Å². The molecule has 1 rings (SSSR count). The summed E-state index contributed by atoms with van der Waals surface area (Å²) in [6, 6.07) is 1.74. The van der Waals surface area contributed by atoms with Gasteiger partial charge in [0.1, 0.15) is 6.04 Å². The summed E-state index contributed by atoms with van der Waals surface area (Å²) in [7, 11) is 2.73. The maximum Gasteiger partial charge on any atom is 0.326 e. The lowest BCUT2D eigenvalue weighted by atomic mass is 10.1. The Hall–Kier alpha value is -2.42. The first-order valence-electron chi connectivity index (χ1n) is 8.37. The summed E-state index contributed by atoms with van der Waals surface area (Å²) in [5, 5.41) is 11.7. The third kappa shape index (κ3) is 6.67. The van der Waals surface area contributed by atoms with E-state index < -0.39 is 23.9 Å². The number of carbonyl (C=O) groups is 3. The van der Waals surface area contributed by atoms with Crippen LogP contribution in [0, 0.1) is 0 Å². The molecule has 0 fully saturated rings. The normalized spacial score (nSPS) is 11.4. The summed E-state index contributed by atoms with van der Waals surface area (Å²) in [6.07, 6.45) is 3.00. The fraction of sp³-hybridized carbons (Fsp3) is 0.500. The second-order valence-corrected chi connectivity index (χ2v) is 6.57. The molecule has 0 saturated carbocycles. The van der Waals surface area contributed by atoms with Crippen molar-refractivity contribution in [1.29, 1.82) is 0 Å². The van der Waals surface area contributed by atoms with Crippen molar-refractivity contribution >= 4 is 29.6 Å². The predicted octanol–water partition coefficient (Wildman–Crippen LogP) is 2.35. The van der Waals surface area contributed by atoms with Gasteiger partial charge in [-0.2, -0.15) is 11.8 Å². The molecular weight excluding hydrogens is 374 g/mol. The van der Waals surface area contributed by atoms with Crippen LogP contribution in [0.3, 0.4) is 0 Å². The number of aliphatic carboxylic acids is 1. The van der Waals surface area contributed by atoms with Crippen LogP contribution >= 0.6 is 11.8 Å². The number of benzene rings is 1. The van der Waals surface area contributed by atoms with Gasteiger partial charge in [-0.3, -0.25) is 9.59 Å². The quantitative estimate of drug-likeness (QED) is 0.431. The number of carboxylic acid groups (broad SMARTS) is 1. The third-order valence-corrected chi connectivity index (χ3v) is 4.25. The maximum atomic E-state index is 12.5. The van der Waals surface area contributed by atoms with E-state index in [4.69, 9.17) is 14.2 Å². The summed E-state index contributed by atoms with van der Waals surface area (Å²) in [6.45, 7) is 1.85. The van der Waals surface area contributed by atoms with Gasteiger partial charge in [-0.1, -0.05) is 6.92 Å². The fourth-order valence-electron chi connectivity index (χ4n) is 2.22. The second-order valence-electron chi connectivity index (χ2n) is 5.58. The smallest absolute Gasteiger partial charge is 0.326 e. The molecule has 0 heterocycles. The number of nitrogens with one attached hydrogen (secondary N) is 1. The Kier molecular flexibility index (Phi) is 9.49. The van der Waals surface area contributed by atoms with Gasteiger partial charge in [0.05, 0.1) is 14.2 Å². The van der Waals surface area contributed by atoms with Crippen LogP contribution in [-0.4, -0.2) is 55.2 Å². The van der Waals surface area contributed by atoms with E-state index in [1.807, 2.05) is 13.2 Å². The van der Waals surface area contributed by atoms with Crippen LogP contribution in [-0.2, 0) is 9.59 Å². The number of esters is 1.